The number of fused-ring (bicyclic) bond motifs is 1. The molecule has 2 N–H and O–H groups in total. The SMILES string of the molecule is CC1CCCC(CN)N1c1ncc2ccccc2n1. The number of rotatable bonds is 2. The molecule has 2 atom stereocenters. The molecule has 2 heterocycles. The summed E-state index contributed by atoms with van der Waals surface area (Å²) in [5.74, 6) is 0.821. The Morgan fingerprint density at radius 2 is 2.16 bits per heavy atom. The molecule has 1 aliphatic rings. The lowest BCUT2D eigenvalue weighted by Gasteiger charge is -2.40. The highest BCUT2D eigenvalue weighted by molar-refractivity contribution is 5.78. The summed E-state index contributed by atoms with van der Waals surface area (Å²) in [6.45, 7) is 2.90. The number of nitrogens with zero attached hydrogens (tertiary/aromatic N) is 3. The molecule has 2 aromatic rings. The van der Waals surface area contributed by atoms with Crippen LogP contribution in [-0.4, -0.2) is 28.6 Å². The van der Waals surface area contributed by atoms with Gasteiger partial charge in [-0.05, 0) is 32.3 Å². The molecule has 100 valence electrons. The van der Waals surface area contributed by atoms with Crippen LogP contribution >= 0.6 is 0 Å². The summed E-state index contributed by atoms with van der Waals surface area (Å²) in [5, 5.41) is 1.08. The van der Waals surface area contributed by atoms with Crippen molar-refractivity contribution in [3.05, 3.63) is 30.5 Å². The van der Waals surface area contributed by atoms with E-state index in [2.05, 4.69) is 16.8 Å². The third-order valence-electron chi connectivity index (χ3n) is 4.01. The molecular formula is C15H20N4. The molecular weight excluding hydrogens is 236 g/mol. The molecule has 1 aromatic heterocycles. The van der Waals surface area contributed by atoms with Crippen LogP contribution in [-0.2, 0) is 0 Å². The average Bonchev–Trinajstić information content (AvgIpc) is 2.46. The van der Waals surface area contributed by atoms with Gasteiger partial charge in [0.25, 0.3) is 0 Å². The predicted octanol–water partition coefficient (Wildman–Crippen LogP) is 2.34. The van der Waals surface area contributed by atoms with E-state index in [-0.39, 0.29) is 0 Å². The quantitative estimate of drug-likeness (QED) is 0.896. The van der Waals surface area contributed by atoms with Crippen LogP contribution in [0.25, 0.3) is 10.9 Å². The fraction of sp³-hybridized carbons (Fsp3) is 0.467. The number of nitrogens with two attached hydrogens (primary N) is 1. The highest BCUT2D eigenvalue weighted by Crippen LogP contribution is 2.27. The van der Waals surface area contributed by atoms with Gasteiger partial charge >= 0.3 is 0 Å². The van der Waals surface area contributed by atoms with Gasteiger partial charge in [-0.3, -0.25) is 0 Å². The molecule has 1 aromatic carbocycles. The zero-order valence-electron chi connectivity index (χ0n) is 11.3. The molecule has 3 rings (SSSR count). The zero-order valence-corrected chi connectivity index (χ0v) is 11.3. The first-order chi connectivity index (χ1) is 9.29. The van der Waals surface area contributed by atoms with Crippen LogP contribution in [0.15, 0.2) is 30.5 Å². The lowest BCUT2D eigenvalue weighted by atomic mass is 9.97. The van der Waals surface area contributed by atoms with Crippen LogP contribution in [0.1, 0.15) is 26.2 Å². The largest absolute Gasteiger partial charge is 0.334 e. The van der Waals surface area contributed by atoms with Gasteiger partial charge in [0.05, 0.1) is 5.52 Å². The van der Waals surface area contributed by atoms with E-state index in [0.717, 1.165) is 23.3 Å². The van der Waals surface area contributed by atoms with Crippen molar-refractivity contribution >= 4 is 16.9 Å². The number of hydrogen-bond acceptors (Lipinski definition) is 4. The normalized spacial score (nSPS) is 23.8. The number of piperidine rings is 1. The van der Waals surface area contributed by atoms with Gasteiger partial charge in [-0.1, -0.05) is 18.2 Å². The molecule has 0 spiro atoms. The molecule has 0 amide bonds. The number of anilines is 1. The van der Waals surface area contributed by atoms with E-state index in [1.165, 1.54) is 12.8 Å². The molecule has 0 aliphatic carbocycles. The second-order valence-corrected chi connectivity index (χ2v) is 5.31. The monoisotopic (exact) mass is 256 g/mol. The van der Waals surface area contributed by atoms with Gasteiger partial charge in [-0.25, -0.2) is 9.97 Å². The first kappa shape index (κ1) is 12.4. The Labute approximate surface area is 113 Å². The summed E-state index contributed by atoms with van der Waals surface area (Å²) < 4.78 is 0. The van der Waals surface area contributed by atoms with Crippen molar-refractivity contribution in [1.82, 2.24) is 9.97 Å². The predicted molar refractivity (Wildman–Crippen MR) is 78.2 cm³/mol. The Bertz CT molecular complexity index is 569. The highest BCUT2D eigenvalue weighted by Gasteiger charge is 2.28. The van der Waals surface area contributed by atoms with Crippen LogP contribution in [0.3, 0.4) is 0 Å². The van der Waals surface area contributed by atoms with E-state index in [1.54, 1.807) is 0 Å². The van der Waals surface area contributed by atoms with Gasteiger partial charge in [-0.2, -0.15) is 0 Å². The van der Waals surface area contributed by atoms with Gasteiger partial charge in [0.15, 0.2) is 0 Å². The Morgan fingerprint density at radius 1 is 1.32 bits per heavy atom. The van der Waals surface area contributed by atoms with Crippen LogP contribution in [0.4, 0.5) is 5.95 Å². The van der Waals surface area contributed by atoms with E-state index in [1.807, 2.05) is 30.5 Å². The zero-order chi connectivity index (χ0) is 13.2. The lowest BCUT2D eigenvalue weighted by Crippen LogP contribution is -2.49. The van der Waals surface area contributed by atoms with Crippen molar-refractivity contribution in [2.24, 2.45) is 5.73 Å². The molecule has 1 saturated heterocycles. The van der Waals surface area contributed by atoms with E-state index in [9.17, 15) is 0 Å². The number of para-hydroxylation sites is 1. The topological polar surface area (TPSA) is 55.0 Å². The summed E-state index contributed by atoms with van der Waals surface area (Å²) in [5.41, 5.74) is 6.91. The second-order valence-electron chi connectivity index (χ2n) is 5.31. The standard InChI is InChI=1S/C15H20N4/c1-11-5-4-7-13(9-16)19(11)15-17-10-12-6-2-3-8-14(12)18-15/h2-3,6,8,10-11,13H,4-5,7,9,16H2,1H3. The molecule has 0 saturated carbocycles. The Morgan fingerprint density at radius 3 is 3.00 bits per heavy atom. The van der Waals surface area contributed by atoms with Crippen LogP contribution in [0.2, 0.25) is 0 Å². The van der Waals surface area contributed by atoms with E-state index in [0.29, 0.717) is 18.6 Å². The second kappa shape index (κ2) is 5.13. The maximum absolute atomic E-state index is 5.91. The third kappa shape index (κ3) is 2.28. The fourth-order valence-corrected chi connectivity index (χ4v) is 2.97. The van der Waals surface area contributed by atoms with Crippen LogP contribution in [0, 0.1) is 0 Å². The molecule has 0 bridgehead atoms. The van der Waals surface area contributed by atoms with Crippen LogP contribution in [0.5, 0.6) is 0 Å². The Hall–Kier alpha value is -1.68. The first-order valence-corrected chi connectivity index (χ1v) is 7.00. The minimum Gasteiger partial charge on any atom is -0.334 e. The van der Waals surface area contributed by atoms with E-state index >= 15 is 0 Å². The van der Waals surface area contributed by atoms with Gasteiger partial charge in [-0.15, -0.1) is 0 Å². The Kier molecular flexibility index (Phi) is 3.34. The summed E-state index contributed by atoms with van der Waals surface area (Å²) >= 11 is 0. The van der Waals surface area contributed by atoms with Gasteiger partial charge < -0.3 is 10.6 Å². The van der Waals surface area contributed by atoms with Crippen molar-refractivity contribution in [3.8, 4) is 0 Å². The maximum atomic E-state index is 5.91. The summed E-state index contributed by atoms with van der Waals surface area (Å²) in [4.78, 5) is 11.5. The minimum absolute atomic E-state index is 0.366. The number of aromatic nitrogens is 2. The maximum Gasteiger partial charge on any atom is 0.226 e. The van der Waals surface area contributed by atoms with Gasteiger partial charge in [0, 0.05) is 30.2 Å². The third-order valence-corrected chi connectivity index (χ3v) is 4.01. The van der Waals surface area contributed by atoms with Crippen molar-refractivity contribution in [1.29, 1.82) is 0 Å². The molecule has 1 fully saturated rings. The fourth-order valence-electron chi connectivity index (χ4n) is 2.97. The van der Waals surface area contributed by atoms with Crippen molar-refractivity contribution in [2.75, 3.05) is 11.4 Å². The lowest BCUT2D eigenvalue weighted by molar-refractivity contribution is 0.395. The summed E-state index contributed by atoms with van der Waals surface area (Å²) in [6, 6.07) is 8.93. The molecule has 19 heavy (non-hydrogen) atoms. The van der Waals surface area contributed by atoms with Crippen molar-refractivity contribution in [2.45, 2.75) is 38.3 Å². The number of hydrogen-bond donors (Lipinski definition) is 1. The average molecular weight is 256 g/mol. The van der Waals surface area contributed by atoms with Crippen molar-refractivity contribution in [3.63, 3.8) is 0 Å². The summed E-state index contributed by atoms with van der Waals surface area (Å²) in [7, 11) is 0. The Balaban J connectivity index is 2.01. The minimum atomic E-state index is 0.366. The molecule has 1 aliphatic heterocycles. The van der Waals surface area contributed by atoms with Gasteiger partial charge in [0.1, 0.15) is 0 Å². The first-order valence-electron chi connectivity index (χ1n) is 7.00. The summed E-state index contributed by atoms with van der Waals surface area (Å²) in [6.07, 6.45) is 5.48. The smallest absolute Gasteiger partial charge is 0.226 e. The van der Waals surface area contributed by atoms with Gasteiger partial charge in [0.2, 0.25) is 5.95 Å². The molecule has 4 nitrogen and oxygen atoms in total. The van der Waals surface area contributed by atoms with Crippen molar-refractivity contribution < 1.29 is 0 Å². The van der Waals surface area contributed by atoms with Crippen LogP contribution < -0.4 is 10.6 Å². The number of benzene rings is 1. The van der Waals surface area contributed by atoms with E-state index in [4.69, 9.17) is 10.7 Å². The molecule has 2 unspecified atom stereocenters. The highest BCUT2D eigenvalue weighted by atomic mass is 15.3. The molecule has 4 heteroatoms. The van der Waals surface area contributed by atoms with E-state index < -0.39 is 0 Å². The molecule has 0 radical (unpaired) electrons.